The quantitative estimate of drug-likeness (QED) is 0.431. The second kappa shape index (κ2) is 11.9. The van der Waals surface area contributed by atoms with Gasteiger partial charge in [-0.25, -0.2) is 0 Å². The van der Waals surface area contributed by atoms with Gasteiger partial charge in [0.15, 0.2) is 0 Å². The fourth-order valence-electron chi connectivity index (χ4n) is 1.28. The number of rotatable bonds is 12. The Bertz CT molecular complexity index is 252. The summed E-state index contributed by atoms with van der Waals surface area (Å²) in [5.41, 5.74) is 0. The van der Waals surface area contributed by atoms with E-state index in [1.807, 2.05) is 13.8 Å². The molecule has 6 nitrogen and oxygen atoms in total. The van der Waals surface area contributed by atoms with Gasteiger partial charge in [-0.1, -0.05) is 0 Å². The number of carboxylic acids is 1. The van der Waals surface area contributed by atoms with Crippen molar-refractivity contribution in [2.75, 3.05) is 26.4 Å². The third-order valence-electron chi connectivity index (χ3n) is 2.19. The Morgan fingerprint density at radius 2 is 1.63 bits per heavy atom. The number of carbonyl (C=O) groups is 2. The first kappa shape index (κ1) is 17.9. The Kier molecular flexibility index (Phi) is 11.2. The van der Waals surface area contributed by atoms with Crippen LogP contribution in [-0.4, -0.2) is 49.6 Å². The second-order valence-electron chi connectivity index (χ2n) is 4.35. The molecule has 19 heavy (non-hydrogen) atoms. The van der Waals surface area contributed by atoms with Crippen molar-refractivity contribution in [3.05, 3.63) is 0 Å². The fourth-order valence-corrected chi connectivity index (χ4v) is 1.28. The monoisotopic (exact) mass is 276 g/mol. The molecule has 0 amide bonds. The Balaban J connectivity index is 3.22. The zero-order chi connectivity index (χ0) is 14.5. The second-order valence-corrected chi connectivity index (χ2v) is 4.35. The highest BCUT2D eigenvalue weighted by Crippen LogP contribution is 2.01. The Hall–Kier alpha value is -1.14. The third-order valence-corrected chi connectivity index (χ3v) is 2.19. The molecular formula is C13H24O6. The molecule has 0 rings (SSSR count). The number of carbonyl (C=O) groups excluding carboxylic acids is 1. The highest BCUT2D eigenvalue weighted by Gasteiger charge is 2.04. The lowest BCUT2D eigenvalue weighted by Gasteiger charge is -2.08. The van der Waals surface area contributed by atoms with Crippen LogP contribution in [0, 0.1) is 0 Å². The average Bonchev–Trinajstić information content (AvgIpc) is 2.33. The third kappa shape index (κ3) is 14.8. The van der Waals surface area contributed by atoms with E-state index >= 15 is 0 Å². The molecule has 0 aliphatic carbocycles. The molecule has 0 saturated heterocycles. The summed E-state index contributed by atoms with van der Waals surface area (Å²) in [5, 5.41) is 8.41. The number of aliphatic carboxylic acids is 1. The first-order chi connectivity index (χ1) is 9.02. The molecule has 0 bridgehead atoms. The lowest BCUT2D eigenvalue weighted by Crippen LogP contribution is -2.14. The highest BCUT2D eigenvalue weighted by atomic mass is 16.6. The van der Waals surface area contributed by atoms with Crippen molar-refractivity contribution in [2.24, 2.45) is 0 Å². The van der Waals surface area contributed by atoms with Gasteiger partial charge in [0.2, 0.25) is 0 Å². The van der Waals surface area contributed by atoms with Gasteiger partial charge in [0, 0.05) is 12.8 Å². The number of hydrogen-bond donors (Lipinski definition) is 1. The van der Waals surface area contributed by atoms with E-state index in [0.717, 1.165) is 0 Å². The number of ether oxygens (including phenoxy) is 3. The zero-order valence-electron chi connectivity index (χ0n) is 11.7. The molecule has 112 valence electrons. The van der Waals surface area contributed by atoms with Gasteiger partial charge >= 0.3 is 11.9 Å². The lowest BCUT2D eigenvalue weighted by atomic mass is 10.2. The van der Waals surface area contributed by atoms with Crippen LogP contribution < -0.4 is 0 Å². The minimum atomic E-state index is -0.842. The molecule has 1 N–H and O–H groups in total. The van der Waals surface area contributed by atoms with Gasteiger partial charge in [0.05, 0.1) is 25.9 Å². The molecule has 0 heterocycles. The molecule has 0 saturated carbocycles. The minimum absolute atomic E-state index is 0.0895. The maximum Gasteiger partial charge on any atom is 0.305 e. The molecule has 0 aliphatic rings. The summed E-state index contributed by atoms with van der Waals surface area (Å²) in [6.45, 7) is 5.48. The number of esters is 1. The molecule has 0 fully saturated rings. The molecule has 0 aromatic carbocycles. The van der Waals surface area contributed by atoms with Gasteiger partial charge in [0.25, 0.3) is 0 Å². The largest absolute Gasteiger partial charge is 0.481 e. The topological polar surface area (TPSA) is 82.1 Å². The summed E-state index contributed by atoms with van der Waals surface area (Å²) >= 11 is 0. The minimum Gasteiger partial charge on any atom is -0.481 e. The highest BCUT2D eigenvalue weighted by molar-refractivity contribution is 5.69. The number of hydrogen-bond acceptors (Lipinski definition) is 5. The van der Waals surface area contributed by atoms with Crippen molar-refractivity contribution in [3.63, 3.8) is 0 Å². The lowest BCUT2D eigenvalue weighted by molar-refractivity contribution is -0.146. The van der Waals surface area contributed by atoms with Crippen LogP contribution >= 0.6 is 0 Å². The van der Waals surface area contributed by atoms with Gasteiger partial charge < -0.3 is 19.3 Å². The Morgan fingerprint density at radius 3 is 2.26 bits per heavy atom. The standard InChI is InChI=1S/C13H24O6/c1-11(2)18-9-7-17-8-10-19-13(16)6-4-3-5-12(14)15/h11H,3-10H2,1-2H3,(H,14,15). The van der Waals surface area contributed by atoms with E-state index in [1.165, 1.54) is 0 Å². The normalized spacial score (nSPS) is 10.7. The predicted molar refractivity (Wildman–Crippen MR) is 69.0 cm³/mol. The predicted octanol–water partition coefficient (Wildman–Crippen LogP) is 1.62. The van der Waals surface area contributed by atoms with Crippen molar-refractivity contribution in [1.29, 1.82) is 0 Å². The summed E-state index contributed by atoms with van der Waals surface area (Å²) < 4.78 is 15.4. The van der Waals surface area contributed by atoms with Gasteiger partial charge in [-0.3, -0.25) is 9.59 Å². The van der Waals surface area contributed by atoms with Gasteiger partial charge in [-0.15, -0.1) is 0 Å². The van der Waals surface area contributed by atoms with Crippen LogP contribution in [0.3, 0.4) is 0 Å². The molecule has 0 aromatic rings. The van der Waals surface area contributed by atoms with Crippen molar-refractivity contribution in [2.45, 2.75) is 45.6 Å². The SMILES string of the molecule is CC(C)OCCOCCOC(=O)CCCCC(=O)O. The molecule has 0 atom stereocenters. The summed E-state index contributed by atoms with van der Waals surface area (Å²) in [6, 6.07) is 0. The van der Waals surface area contributed by atoms with E-state index in [9.17, 15) is 9.59 Å². The van der Waals surface area contributed by atoms with E-state index in [2.05, 4.69) is 0 Å². The van der Waals surface area contributed by atoms with E-state index < -0.39 is 5.97 Å². The first-order valence-corrected chi connectivity index (χ1v) is 6.59. The van der Waals surface area contributed by atoms with Crippen LogP contribution in [0.15, 0.2) is 0 Å². The van der Waals surface area contributed by atoms with E-state index in [0.29, 0.717) is 32.7 Å². The van der Waals surface area contributed by atoms with Crippen LogP contribution in [0.5, 0.6) is 0 Å². The molecule has 0 aliphatic heterocycles. The van der Waals surface area contributed by atoms with Crippen molar-refractivity contribution in [1.82, 2.24) is 0 Å². The van der Waals surface area contributed by atoms with Crippen molar-refractivity contribution >= 4 is 11.9 Å². The smallest absolute Gasteiger partial charge is 0.305 e. The summed E-state index contributed by atoms with van der Waals surface area (Å²) in [5.74, 6) is -1.15. The summed E-state index contributed by atoms with van der Waals surface area (Å²) in [7, 11) is 0. The molecule has 6 heteroatoms. The zero-order valence-corrected chi connectivity index (χ0v) is 11.7. The van der Waals surface area contributed by atoms with E-state index in [4.69, 9.17) is 19.3 Å². The first-order valence-electron chi connectivity index (χ1n) is 6.59. The fraction of sp³-hybridized carbons (Fsp3) is 0.846. The van der Waals surface area contributed by atoms with E-state index in [-0.39, 0.29) is 31.5 Å². The van der Waals surface area contributed by atoms with E-state index in [1.54, 1.807) is 0 Å². The van der Waals surface area contributed by atoms with Crippen LogP contribution in [0.25, 0.3) is 0 Å². The average molecular weight is 276 g/mol. The van der Waals surface area contributed by atoms with Crippen molar-refractivity contribution in [3.8, 4) is 0 Å². The van der Waals surface area contributed by atoms with Crippen LogP contribution in [0.4, 0.5) is 0 Å². The van der Waals surface area contributed by atoms with Crippen LogP contribution in [0.1, 0.15) is 39.5 Å². The maximum atomic E-state index is 11.2. The summed E-state index contributed by atoms with van der Waals surface area (Å²) in [6.07, 6.45) is 1.56. The molecule has 0 spiro atoms. The molecule has 0 aromatic heterocycles. The van der Waals surface area contributed by atoms with Crippen LogP contribution in [-0.2, 0) is 23.8 Å². The number of unbranched alkanes of at least 4 members (excludes halogenated alkanes) is 1. The Labute approximate surface area is 114 Å². The van der Waals surface area contributed by atoms with Gasteiger partial charge in [0.1, 0.15) is 6.61 Å². The van der Waals surface area contributed by atoms with Crippen molar-refractivity contribution < 1.29 is 28.9 Å². The molecule has 0 radical (unpaired) electrons. The molecule has 0 unspecified atom stereocenters. The molecular weight excluding hydrogens is 252 g/mol. The summed E-state index contributed by atoms with van der Waals surface area (Å²) in [4.78, 5) is 21.5. The Morgan fingerprint density at radius 1 is 1.00 bits per heavy atom. The maximum absolute atomic E-state index is 11.2. The number of carboxylic acid groups (broad SMARTS) is 1. The van der Waals surface area contributed by atoms with Gasteiger partial charge in [-0.05, 0) is 26.7 Å². The van der Waals surface area contributed by atoms with Crippen LogP contribution in [0.2, 0.25) is 0 Å². The van der Waals surface area contributed by atoms with Gasteiger partial charge in [-0.2, -0.15) is 0 Å².